The average Bonchev–Trinajstić information content (AvgIpc) is 2.16. The molecule has 0 saturated heterocycles. The average molecular weight is 222 g/mol. The Morgan fingerprint density at radius 3 is 2.67 bits per heavy atom. The maximum absolute atomic E-state index is 6.14. The van der Waals surface area contributed by atoms with Gasteiger partial charge in [0.2, 0.25) is 0 Å². The molecule has 1 nitrogen and oxygen atoms in total. The van der Waals surface area contributed by atoms with Gasteiger partial charge in [-0.3, -0.25) is 0 Å². The zero-order chi connectivity index (χ0) is 11.1. The van der Waals surface area contributed by atoms with Gasteiger partial charge in [-0.25, -0.2) is 0 Å². The van der Waals surface area contributed by atoms with Gasteiger partial charge in [0.05, 0.1) is 0 Å². The summed E-state index contributed by atoms with van der Waals surface area (Å²) in [5.41, 5.74) is 9.67. The molecule has 1 aliphatic carbocycles. The lowest BCUT2D eigenvalue weighted by atomic mass is 9.83. The SMILES string of the molecule is CC(C)(N)C1=Cc2cccc(Cl)c2CC1. The molecule has 2 N–H and O–H groups in total. The largest absolute Gasteiger partial charge is 0.322 e. The monoisotopic (exact) mass is 221 g/mol. The highest BCUT2D eigenvalue weighted by Crippen LogP contribution is 2.32. The summed E-state index contributed by atoms with van der Waals surface area (Å²) >= 11 is 6.14. The first-order chi connectivity index (χ1) is 6.98. The summed E-state index contributed by atoms with van der Waals surface area (Å²) in [6.07, 6.45) is 4.20. The molecule has 2 heteroatoms. The minimum Gasteiger partial charge on any atom is -0.322 e. The van der Waals surface area contributed by atoms with Gasteiger partial charge in [0.25, 0.3) is 0 Å². The normalized spacial score (nSPS) is 15.9. The Kier molecular flexibility index (Phi) is 2.61. The lowest BCUT2D eigenvalue weighted by molar-refractivity contribution is 0.583. The number of benzene rings is 1. The topological polar surface area (TPSA) is 26.0 Å². The van der Waals surface area contributed by atoms with Gasteiger partial charge in [-0.15, -0.1) is 0 Å². The molecule has 0 spiro atoms. The van der Waals surface area contributed by atoms with Crippen molar-refractivity contribution < 1.29 is 0 Å². The van der Waals surface area contributed by atoms with E-state index in [-0.39, 0.29) is 5.54 Å². The van der Waals surface area contributed by atoms with Gasteiger partial charge in [0.1, 0.15) is 0 Å². The number of hydrogen-bond donors (Lipinski definition) is 1. The predicted octanol–water partition coefficient (Wildman–Crippen LogP) is 3.41. The number of halogens is 1. The van der Waals surface area contributed by atoms with Crippen molar-refractivity contribution in [3.05, 3.63) is 39.9 Å². The highest BCUT2D eigenvalue weighted by atomic mass is 35.5. The van der Waals surface area contributed by atoms with E-state index in [9.17, 15) is 0 Å². The molecule has 15 heavy (non-hydrogen) atoms. The van der Waals surface area contributed by atoms with E-state index in [1.165, 1.54) is 16.7 Å². The van der Waals surface area contributed by atoms with Crippen LogP contribution in [0.25, 0.3) is 6.08 Å². The second kappa shape index (κ2) is 3.66. The fourth-order valence-corrected chi connectivity index (χ4v) is 2.28. The van der Waals surface area contributed by atoms with Gasteiger partial charge in [0.15, 0.2) is 0 Å². The second-order valence-corrected chi connectivity index (χ2v) is 5.11. The van der Waals surface area contributed by atoms with Gasteiger partial charge in [-0.2, -0.15) is 0 Å². The number of fused-ring (bicyclic) bond motifs is 1. The molecular formula is C13H16ClN. The molecule has 0 atom stereocenters. The number of hydrogen-bond acceptors (Lipinski definition) is 1. The molecule has 0 aliphatic heterocycles. The summed E-state index contributed by atoms with van der Waals surface area (Å²) in [6, 6.07) is 6.04. The summed E-state index contributed by atoms with van der Waals surface area (Å²) in [7, 11) is 0. The molecule has 0 heterocycles. The lowest BCUT2D eigenvalue weighted by Crippen LogP contribution is -2.35. The van der Waals surface area contributed by atoms with Crippen molar-refractivity contribution in [2.24, 2.45) is 5.73 Å². The Bertz CT molecular complexity index is 413. The summed E-state index contributed by atoms with van der Waals surface area (Å²) in [5, 5.41) is 0.873. The fraction of sp³-hybridized carbons (Fsp3) is 0.385. The molecular weight excluding hydrogens is 206 g/mol. The minimum absolute atomic E-state index is 0.222. The third-order valence-corrected chi connectivity index (χ3v) is 3.31. The number of rotatable bonds is 1. The molecule has 0 fully saturated rings. The van der Waals surface area contributed by atoms with Crippen LogP contribution in [0.4, 0.5) is 0 Å². The minimum atomic E-state index is -0.222. The van der Waals surface area contributed by atoms with Crippen LogP contribution in [-0.4, -0.2) is 5.54 Å². The summed E-state index contributed by atoms with van der Waals surface area (Å²) in [4.78, 5) is 0. The molecule has 0 aromatic heterocycles. The van der Waals surface area contributed by atoms with Crippen LogP contribution in [0.2, 0.25) is 5.02 Å². The third kappa shape index (κ3) is 2.09. The van der Waals surface area contributed by atoms with Gasteiger partial charge >= 0.3 is 0 Å². The Morgan fingerprint density at radius 2 is 2.00 bits per heavy atom. The first-order valence-corrected chi connectivity index (χ1v) is 5.63. The maximum atomic E-state index is 6.14. The van der Waals surface area contributed by atoms with Crippen molar-refractivity contribution >= 4 is 17.7 Å². The molecule has 0 radical (unpaired) electrons. The summed E-state index contributed by atoms with van der Waals surface area (Å²) in [5.74, 6) is 0. The Hall–Kier alpha value is -0.790. The Labute approximate surface area is 95.9 Å². The van der Waals surface area contributed by atoms with Crippen molar-refractivity contribution in [3.63, 3.8) is 0 Å². The molecule has 1 aliphatic rings. The van der Waals surface area contributed by atoms with E-state index < -0.39 is 0 Å². The van der Waals surface area contributed by atoms with Gasteiger partial charge < -0.3 is 5.73 Å². The molecule has 0 bridgehead atoms. The van der Waals surface area contributed by atoms with Crippen molar-refractivity contribution in [3.8, 4) is 0 Å². The molecule has 1 aromatic carbocycles. The highest BCUT2D eigenvalue weighted by Gasteiger charge is 2.21. The Balaban J connectivity index is 2.47. The zero-order valence-electron chi connectivity index (χ0n) is 9.18. The van der Waals surface area contributed by atoms with E-state index in [1.807, 2.05) is 26.0 Å². The van der Waals surface area contributed by atoms with Crippen LogP contribution < -0.4 is 5.73 Å². The van der Waals surface area contributed by atoms with Crippen LogP contribution in [0.15, 0.2) is 23.8 Å². The molecule has 0 saturated carbocycles. The van der Waals surface area contributed by atoms with E-state index >= 15 is 0 Å². The van der Waals surface area contributed by atoms with E-state index in [4.69, 9.17) is 17.3 Å². The molecule has 2 rings (SSSR count). The smallest absolute Gasteiger partial charge is 0.0444 e. The molecule has 1 aromatic rings. The highest BCUT2D eigenvalue weighted by molar-refractivity contribution is 6.31. The third-order valence-electron chi connectivity index (χ3n) is 2.96. The first-order valence-electron chi connectivity index (χ1n) is 5.26. The van der Waals surface area contributed by atoms with Crippen LogP contribution in [-0.2, 0) is 6.42 Å². The van der Waals surface area contributed by atoms with Crippen molar-refractivity contribution in [2.75, 3.05) is 0 Å². The molecule has 0 amide bonds. The van der Waals surface area contributed by atoms with Gasteiger partial charge in [0, 0.05) is 10.6 Å². The fourth-order valence-electron chi connectivity index (χ4n) is 2.00. The zero-order valence-corrected chi connectivity index (χ0v) is 9.93. The number of nitrogens with two attached hydrogens (primary N) is 1. The van der Waals surface area contributed by atoms with Gasteiger partial charge in [-0.1, -0.05) is 35.4 Å². The Morgan fingerprint density at radius 1 is 1.27 bits per heavy atom. The van der Waals surface area contributed by atoms with Crippen LogP contribution in [0.3, 0.4) is 0 Å². The van der Waals surface area contributed by atoms with Crippen LogP contribution in [0, 0.1) is 0 Å². The van der Waals surface area contributed by atoms with E-state index in [0.29, 0.717) is 0 Å². The van der Waals surface area contributed by atoms with E-state index in [0.717, 1.165) is 17.9 Å². The van der Waals surface area contributed by atoms with Gasteiger partial charge in [-0.05, 0) is 43.9 Å². The molecule has 80 valence electrons. The van der Waals surface area contributed by atoms with Crippen LogP contribution in [0.5, 0.6) is 0 Å². The summed E-state index contributed by atoms with van der Waals surface area (Å²) < 4.78 is 0. The van der Waals surface area contributed by atoms with E-state index in [2.05, 4.69) is 12.1 Å². The van der Waals surface area contributed by atoms with Crippen molar-refractivity contribution in [2.45, 2.75) is 32.2 Å². The standard InChI is InChI=1S/C13H16ClN/c1-13(2,15)10-6-7-11-9(8-10)4-3-5-12(11)14/h3-5,8H,6-7,15H2,1-2H3. The summed E-state index contributed by atoms with van der Waals surface area (Å²) in [6.45, 7) is 4.10. The molecule has 0 unspecified atom stereocenters. The maximum Gasteiger partial charge on any atom is 0.0444 e. The second-order valence-electron chi connectivity index (χ2n) is 4.70. The van der Waals surface area contributed by atoms with Crippen molar-refractivity contribution in [1.29, 1.82) is 0 Å². The predicted molar refractivity (Wildman–Crippen MR) is 66.0 cm³/mol. The van der Waals surface area contributed by atoms with Crippen molar-refractivity contribution in [1.82, 2.24) is 0 Å². The first kappa shape index (κ1) is 10.7. The van der Waals surface area contributed by atoms with E-state index in [1.54, 1.807) is 0 Å². The van der Waals surface area contributed by atoms with Crippen LogP contribution in [0.1, 0.15) is 31.4 Å². The quantitative estimate of drug-likeness (QED) is 0.773. The van der Waals surface area contributed by atoms with Crippen LogP contribution >= 0.6 is 11.6 Å². The lowest BCUT2D eigenvalue weighted by Gasteiger charge is -2.27.